The second-order valence-electron chi connectivity index (χ2n) is 9.81. The predicted octanol–water partition coefficient (Wildman–Crippen LogP) is 7.28. The van der Waals surface area contributed by atoms with Crippen LogP contribution in [0.25, 0.3) is 0 Å². The predicted molar refractivity (Wildman–Crippen MR) is 156 cm³/mol. The van der Waals surface area contributed by atoms with Crippen molar-refractivity contribution in [2.75, 3.05) is 0 Å². The third kappa shape index (κ3) is 50.5. The van der Waals surface area contributed by atoms with Gasteiger partial charge >= 0.3 is 11.9 Å². The van der Waals surface area contributed by atoms with Crippen LogP contribution in [0, 0.1) is 0 Å². The van der Waals surface area contributed by atoms with Gasteiger partial charge in [0.25, 0.3) is 0 Å². The van der Waals surface area contributed by atoms with E-state index in [1.165, 1.54) is 103 Å². The Hall–Kier alpha value is -2.38. The number of aliphatic carboxylic acids is 2. The van der Waals surface area contributed by atoms with Gasteiger partial charge < -0.3 is 21.7 Å². The van der Waals surface area contributed by atoms with Gasteiger partial charge in [-0.3, -0.25) is 9.59 Å². The molecule has 0 unspecified atom stereocenters. The molecule has 0 aliphatic carbocycles. The first-order chi connectivity index (χ1) is 18.2. The van der Waals surface area contributed by atoms with Crippen LogP contribution in [0.3, 0.4) is 0 Å². The SMILES string of the molecule is CCCCCCCCCCCCC(N)=O.CCCCCCCCCCCCC(N)=O.O=C(O)/C=C\C(=O)O. The Bertz CT molecular complexity index is 543. The monoisotopic (exact) mass is 542 g/mol. The van der Waals surface area contributed by atoms with Crippen LogP contribution < -0.4 is 11.5 Å². The molecule has 8 nitrogen and oxygen atoms in total. The van der Waals surface area contributed by atoms with Gasteiger partial charge in [0.1, 0.15) is 0 Å². The van der Waals surface area contributed by atoms with Crippen LogP contribution in [0.2, 0.25) is 0 Å². The molecule has 0 atom stereocenters. The first-order valence-corrected chi connectivity index (χ1v) is 14.9. The first kappa shape index (κ1) is 40.1. The summed E-state index contributed by atoms with van der Waals surface area (Å²) in [6, 6.07) is 0. The van der Waals surface area contributed by atoms with Crippen LogP contribution in [0.5, 0.6) is 0 Å². The molecule has 0 saturated carbocycles. The minimum absolute atomic E-state index is 0.158. The Labute approximate surface area is 232 Å². The van der Waals surface area contributed by atoms with E-state index < -0.39 is 11.9 Å². The molecule has 0 bridgehead atoms. The number of rotatable bonds is 24. The van der Waals surface area contributed by atoms with Gasteiger partial charge in [0.2, 0.25) is 11.8 Å². The van der Waals surface area contributed by atoms with Crippen LogP contribution >= 0.6 is 0 Å². The van der Waals surface area contributed by atoms with E-state index in [1.54, 1.807) is 0 Å². The summed E-state index contributed by atoms with van der Waals surface area (Å²) in [6.07, 6.45) is 28.2. The summed E-state index contributed by atoms with van der Waals surface area (Å²) in [7, 11) is 0. The molecule has 0 aliphatic rings. The summed E-state index contributed by atoms with van der Waals surface area (Å²) in [6.45, 7) is 4.50. The summed E-state index contributed by atoms with van der Waals surface area (Å²) < 4.78 is 0. The fourth-order valence-corrected chi connectivity index (χ4v) is 3.72. The van der Waals surface area contributed by atoms with Crippen molar-refractivity contribution in [1.29, 1.82) is 0 Å². The lowest BCUT2D eigenvalue weighted by Gasteiger charge is -2.01. The molecule has 8 heteroatoms. The van der Waals surface area contributed by atoms with Crippen molar-refractivity contribution in [3.63, 3.8) is 0 Å². The number of primary amides is 2. The summed E-state index contributed by atoms with van der Waals surface area (Å²) in [4.78, 5) is 40.0. The standard InChI is InChI=1S/2C13H27NO.C4H4O4/c2*1-2-3-4-5-6-7-8-9-10-11-12-13(14)15;5-3(6)1-2-4(7)8/h2*2-12H2,1H3,(H2,14,15);1-2H,(H,5,6)(H,7,8)/b;;2-1-. The molecule has 0 radical (unpaired) electrons. The normalized spacial score (nSPS) is 10.3. The zero-order valence-electron chi connectivity index (χ0n) is 24.4. The Kier molecular flexibility index (Phi) is 36.6. The number of unbranched alkanes of at least 4 members (excludes halogenated alkanes) is 18. The van der Waals surface area contributed by atoms with Gasteiger partial charge in [0.05, 0.1) is 0 Å². The lowest BCUT2D eigenvalue weighted by Crippen LogP contribution is -2.09. The number of hydrogen-bond acceptors (Lipinski definition) is 4. The molecule has 0 aromatic carbocycles. The van der Waals surface area contributed by atoms with Gasteiger partial charge in [-0.25, -0.2) is 9.59 Å². The second-order valence-corrected chi connectivity index (χ2v) is 9.81. The lowest BCUT2D eigenvalue weighted by atomic mass is 10.1. The van der Waals surface area contributed by atoms with E-state index in [0.717, 1.165) is 25.7 Å². The minimum atomic E-state index is -1.26. The fourth-order valence-electron chi connectivity index (χ4n) is 3.72. The van der Waals surface area contributed by atoms with Crippen LogP contribution in [-0.2, 0) is 19.2 Å². The molecule has 0 saturated heterocycles. The highest BCUT2D eigenvalue weighted by Gasteiger charge is 1.96. The van der Waals surface area contributed by atoms with Crippen molar-refractivity contribution < 1.29 is 29.4 Å². The number of hydrogen-bond donors (Lipinski definition) is 4. The number of carbonyl (C=O) groups is 4. The molecule has 38 heavy (non-hydrogen) atoms. The highest BCUT2D eigenvalue weighted by molar-refractivity contribution is 5.89. The van der Waals surface area contributed by atoms with Crippen LogP contribution in [0.4, 0.5) is 0 Å². The molecule has 6 N–H and O–H groups in total. The van der Waals surface area contributed by atoms with E-state index in [1.807, 2.05) is 0 Å². The third-order valence-corrected chi connectivity index (χ3v) is 5.92. The lowest BCUT2D eigenvalue weighted by molar-refractivity contribution is -0.134. The molecular weight excluding hydrogens is 484 g/mol. The van der Waals surface area contributed by atoms with Crippen molar-refractivity contribution in [1.82, 2.24) is 0 Å². The van der Waals surface area contributed by atoms with Gasteiger partial charge in [-0.1, -0.05) is 129 Å². The highest BCUT2D eigenvalue weighted by atomic mass is 16.4. The summed E-state index contributed by atoms with van der Waals surface area (Å²) in [5, 5.41) is 15.6. The quantitative estimate of drug-likeness (QED) is 0.0740. The molecular formula is C30H58N2O6. The zero-order valence-corrected chi connectivity index (χ0v) is 24.4. The Morgan fingerprint density at radius 2 is 0.658 bits per heavy atom. The Morgan fingerprint density at radius 3 is 0.842 bits per heavy atom. The van der Waals surface area contributed by atoms with Crippen molar-refractivity contribution in [3.05, 3.63) is 12.2 Å². The largest absolute Gasteiger partial charge is 0.478 e. The molecule has 0 rings (SSSR count). The summed E-state index contributed by atoms with van der Waals surface area (Å²) in [5.74, 6) is -2.83. The van der Waals surface area contributed by atoms with E-state index in [9.17, 15) is 19.2 Å². The minimum Gasteiger partial charge on any atom is -0.478 e. The molecule has 0 spiro atoms. The van der Waals surface area contributed by atoms with Crippen molar-refractivity contribution in [2.24, 2.45) is 11.5 Å². The van der Waals surface area contributed by atoms with Crippen LogP contribution in [0.1, 0.15) is 155 Å². The maximum atomic E-state index is 10.5. The van der Waals surface area contributed by atoms with Crippen molar-refractivity contribution >= 4 is 23.8 Å². The molecule has 0 heterocycles. The highest BCUT2D eigenvalue weighted by Crippen LogP contribution is 2.12. The molecule has 0 aromatic rings. The summed E-state index contributed by atoms with van der Waals surface area (Å²) in [5.41, 5.74) is 10.1. The van der Waals surface area contributed by atoms with Gasteiger partial charge in [0, 0.05) is 25.0 Å². The van der Waals surface area contributed by atoms with Gasteiger partial charge in [-0.05, 0) is 12.8 Å². The van der Waals surface area contributed by atoms with E-state index in [4.69, 9.17) is 21.7 Å². The number of carboxylic acid groups (broad SMARTS) is 2. The maximum Gasteiger partial charge on any atom is 0.328 e. The smallest absolute Gasteiger partial charge is 0.328 e. The van der Waals surface area contributed by atoms with E-state index in [2.05, 4.69) is 13.8 Å². The fraction of sp³-hybridized carbons (Fsp3) is 0.800. The molecule has 2 amide bonds. The van der Waals surface area contributed by atoms with Gasteiger partial charge in [0.15, 0.2) is 0 Å². The summed E-state index contributed by atoms with van der Waals surface area (Å²) >= 11 is 0. The van der Waals surface area contributed by atoms with Crippen LogP contribution in [0.15, 0.2) is 12.2 Å². The molecule has 224 valence electrons. The third-order valence-electron chi connectivity index (χ3n) is 5.92. The average Bonchev–Trinajstić information content (AvgIpc) is 2.85. The molecule has 0 aromatic heterocycles. The number of nitrogens with two attached hydrogens (primary N) is 2. The number of amides is 2. The second kappa shape index (κ2) is 34.6. The Morgan fingerprint density at radius 1 is 0.447 bits per heavy atom. The van der Waals surface area contributed by atoms with E-state index in [0.29, 0.717) is 25.0 Å². The van der Waals surface area contributed by atoms with Gasteiger partial charge in [-0.15, -0.1) is 0 Å². The van der Waals surface area contributed by atoms with E-state index >= 15 is 0 Å². The maximum absolute atomic E-state index is 10.5. The molecule has 0 aliphatic heterocycles. The number of carbonyl (C=O) groups excluding carboxylic acids is 2. The van der Waals surface area contributed by atoms with Crippen molar-refractivity contribution in [3.8, 4) is 0 Å². The van der Waals surface area contributed by atoms with Gasteiger partial charge in [-0.2, -0.15) is 0 Å². The number of carboxylic acids is 2. The first-order valence-electron chi connectivity index (χ1n) is 14.9. The van der Waals surface area contributed by atoms with Crippen molar-refractivity contribution in [2.45, 2.75) is 155 Å². The average molecular weight is 543 g/mol. The molecule has 0 fully saturated rings. The zero-order chi connectivity index (χ0) is 29.3. The topological polar surface area (TPSA) is 161 Å². The Balaban J connectivity index is -0.000000508. The van der Waals surface area contributed by atoms with E-state index in [-0.39, 0.29) is 11.8 Å². The van der Waals surface area contributed by atoms with Crippen LogP contribution in [-0.4, -0.2) is 34.0 Å².